The van der Waals surface area contributed by atoms with Gasteiger partial charge in [0, 0.05) is 25.3 Å². The molecule has 0 amide bonds. The standard InChI is InChI=1S/C28H31N5O2/c34-27-25-23(19-33(27)22-13-7-8-14-22)26(31-28(30-25)32-15-17-35-18-16-32)29-24(20-9-3-1-4-10-20)21-11-5-2-6-12-21/h1-6,9-12,19,22,24,34H,7-8,13-18H2,(H,29,30,31). The molecule has 2 aliphatic rings. The zero-order chi connectivity index (χ0) is 23.6. The monoisotopic (exact) mass is 469 g/mol. The van der Waals surface area contributed by atoms with E-state index in [1.165, 1.54) is 12.8 Å². The largest absolute Gasteiger partial charge is 0.493 e. The van der Waals surface area contributed by atoms with Gasteiger partial charge in [-0.1, -0.05) is 73.5 Å². The number of fused-ring (bicyclic) bond motifs is 1. The van der Waals surface area contributed by atoms with Crippen LogP contribution in [0.2, 0.25) is 0 Å². The van der Waals surface area contributed by atoms with Crippen molar-refractivity contribution in [2.45, 2.75) is 37.8 Å². The molecule has 4 aromatic rings. The summed E-state index contributed by atoms with van der Waals surface area (Å²) in [5.74, 6) is 1.60. The van der Waals surface area contributed by atoms with Crippen LogP contribution in [-0.2, 0) is 4.74 Å². The van der Waals surface area contributed by atoms with Gasteiger partial charge in [-0.05, 0) is 24.0 Å². The number of rotatable bonds is 6. The summed E-state index contributed by atoms with van der Waals surface area (Å²) >= 11 is 0. The number of hydrogen-bond donors (Lipinski definition) is 2. The minimum Gasteiger partial charge on any atom is -0.493 e. The highest BCUT2D eigenvalue weighted by Crippen LogP contribution is 2.40. The van der Waals surface area contributed by atoms with E-state index in [4.69, 9.17) is 14.7 Å². The Bertz CT molecular complexity index is 1240. The summed E-state index contributed by atoms with van der Waals surface area (Å²) in [4.78, 5) is 12.0. The van der Waals surface area contributed by atoms with Gasteiger partial charge in [-0.3, -0.25) is 0 Å². The molecule has 1 aliphatic heterocycles. The molecule has 0 spiro atoms. The van der Waals surface area contributed by atoms with Crippen LogP contribution in [0, 0.1) is 0 Å². The van der Waals surface area contributed by atoms with Gasteiger partial charge in [-0.25, -0.2) is 4.98 Å². The zero-order valence-corrected chi connectivity index (χ0v) is 19.8. The van der Waals surface area contributed by atoms with Gasteiger partial charge in [0.25, 0.3) is 0 Å². The van der Waals surface area contributed by atoms with Gasteiger partial charge in [0.2, 0.25) is 11.8 Å². The molecule has 2 aromatic carbocycles. The number of ether oxygens (including phenoxy) is 1. The van der Waals surface area contributed by atoms with E-state index in [9.17, 15) is 5.11 Å². The number of nitrogens with zero attached hydrogens (tertiary/aromatic N) is 4. The fraction of sp³-hybridized carbons (Fsp3) is 0.357. The van der Waals surface area contributed by atoms with Crippen LogP contribution >= 0.6 is 0 Å². The van der Waals surface area contributed by atoms with Crippen LogP contribution in [0.15, 0.2) is 66.9 Å². The van der Waals surface area contributed by atoms with Gasteiger partial charge < -0.3 is 24.6 Å². The van der Waals surface area contributed by atoms with Crippen LogP contribution in [0.3, 0.4) is 0 Å². The van der Waals surface area contributed by atoms with Gasteiger partial charge in [-0.15, -0.1) is 0 Å². The van der Waals surface area contributed by atoms with Crippen LogP contribution in [-0.4, -0.2) is 45.9 Å². The Morgan fingerprint density at radius 3 is 2.14 bits per heavy atom. The lowest BCUT2D eigenvalue weighted by molar-refractivity contribution is 0.122. The Morgan fingerprint density at radius 1 is 0.886 bits per heavy atom. The summed E-state index contributed by atoms with van der Waals surface area (Å²) in [6.45, 7) is 2.76. The highest BCUT2D eigenvalue weighted by molar-refractivity contribution is 5.94. The molecule has 2 N–H and O–H groups in total. The first kappa shape index (κ1) is 21.9. The maximum absolute atomic E-state index is 11.3. The van der Waals surface area contributed by atoms with Gasteiger partial charge >= 0.3 is 0 Å². The summed E-state index contributed by atoms with van der Waals surface area (Å²) < 4.78 is 7.56. The molecule has 1 saturated carbocycles. The van der Waals surface area contributed by atoms with E-state index < -0.39 is 0 Å². The second-order valence-electron chi connectivity index (χ2n) is 9.43. The van der Waals surface area contributed by atoms with Gasteiger partial charge in [0.05, 0.1) is 24.6 Å². The number of nitrogens with one attached hydrogen (secondary N) is 1. The summed E-state index contributed by atoms with van der Waals surface area (Å²) in [7, 11) is 0. The number of aromatic hydroxyl groups is 1. The van der Waals surface area contributed by atoms with E-state index in [0.717, 1.165) is 48.3 Å². The lowest BCUT2D eigenvalue weighted by Gasteiger charge is -2.28. The van der Waals surface area contributed by atoms with Crippen LogP contribution in [0.1, 0.15) is 48.9 Å². The van der Waals surface area contributed by atoms with Crippen LogP contribution in [0.25, 0.3) is 10.9 Å². The normalized spacial score (nSPS) is 16.9. The molecule has 0 atom stereocenters. The van der Waals surface area contributed by atoms with Crippen LogP contribution < -0.4 is 10.2 Å². The molecule has 7 heteroatoms. The van der Waals surface area contributed by atoms with E-state index in [-0.39, 0.29) is 11.9 Å². The molecule has 7 nitrogen and oxygen atoms in total. The topological polar surface area (TPSA) is 75.4 Å². The molecule has 35 heavy (non-hydrogen) atoms. The molecule has 2 fully saturated rings. The Morgan fingerprint density at radius 2 is 1.51 bits per heavy atom. The molecule has 2 aromatic heterocycles. The summed E-state index contributed by atoms with van der Waals surface area (Å²) in [5, 5.41) is 15.8. The first-order chi connectivity index (χ1) is 17.3. The first-order valence-corrected chi connectivity index (χ1v) is 12.6. The van der Waals surface area contributed by atoms with E-state index >= 15 is 0 Å². The lowest BCUT2D eigenvalue weighted by atomic mass is 9.98. The molecule has 0 radical (unpaired) electrons. The molecule has 0 unspecified atom stereocenters. The average molecular weight is 470 g/mol. The third-order valence-corrected chi connectivity index (χ3v) is 7.22. The molecule has 1 saturated heterocycles. The SMILES string of the molecule is Oc1c2nc(N3CCOCC3)nc(NC(c3ccccc3)c3ccccc3)c2cn1C1CCCC1. The minimum atomic E-state index is -0.0926. The van der Waals surface area contributed by atoms with Crippen molar-refractivity contribution in [2.75, 3.05) is 36.5 Å². The van der Waals surface area contributed by atoms with Crippen LogP contribution in [0.4, 0.5) is 11.8 Å². The minimum absolute atomic E-state index is 0.0926. The quantitative estimate of drug-likeness (QED) is 0.400. The lowest BCUT2D eigenvalue weighted by Crippen LogP contribution is -2.37. The molecule has 0 bridgehead atoms. The van der Waals surface area contributed by atoms with Crippen molar-refractivity contribution in [2.24, 2.45) is 0 Å². The predicted octanol–water partition coefficient (Wildman–Crippen LogP) is 5.29. The van der Waals surface area contributed by atoms with E-state index in [0.29, 0.717) is 30.7 Å². The summed E-state index contributed by atoms with van der Waals surface area (Å²) in [6, 6.07) is 21.0. The molecular formula is C28H31N5O2. The van der Waals surface area contributed by atoms with Crippen LogP contribution in [0.5, 0.6) is 5.88 Å². The van der Waals surface area contributed by atoms with Crippen molar-refractivity contribution in [3.8, 4) is 5.88 Å². The van der Waals surface area contributed by atoms with E-state index in [2.05, 4.69) is 58.7 Å². The van der Waals surface area contributed by atoms with Gasteiger partial charge in [0.15, 0.2) is 0 Å². The zero-order valence-electron chi connectivity index (χ0n) is 19.8. The number of hydrogen-bond acceptors (Lipinski definition) is 6. The van der Waals surface area contributed by atoms with Crippen molar-refractivity contribution in [1.82, 2.24) is 14.5 Å². The Balaban J connectivity index is 1.48. The van der Waals surface area contributed by atoms with Crippen molar-refractivity contribution in [3.05, 3.63) is 78.0 Å². The highest BCUT2D eigenvalue weighted by atomic mass is 16.5. The third-order valence-electron chi connectivity index (χ3n) is 7.22. The number of morpholine rings is 1. The molecule has 180 valence electrons. The highest BCUT2D eigenvalue weighted by Gasteiger charge is 2.26. The molecular weight excluding hydrogens is 438 g/mol. The fourth-order valence-corrected chi connectivity index (χ4v) is 5.34. The maximum Gasteiger partial charge on any atom is 0.228 e. The number of benzene rings is 2. The molecule has 6 rings (SSSR count). The second-order valence-corrected chi connectivity index (χ2v) is 9.43. The van der Waals surface area contributed by atoms with Crippen molar-refractivity contribution >= 4 is 22.7 Å². The second kappa shape index (κ2) is 9.58. The van der Waals surface area contributed by atoms with E-state index in [1.54, 1.807) is 0 Å². The number of aromatic nitrogens is 3. The van der Waals surface area contributed by atoms with Crippen molar-refractivity contribution in [3.63, 3.8) is 0 Å². The Hall–Kier alpha value is -3.58. The Labute approximate surface area is 205 Å². The van der Waals surface area contributed by atoms with E-state index in [1.807, 2.05) is 22.9 Å². The van der Waals surface area contributed by atoms with Crippen molar-refractivity contribution < 1.29 is 9.84 Å². The summed E-state index contributed by atoms with van der Waals surface area (Å²) in [6.07, 6.45) is 6.59. The fourth-order valence-electron chi connectivity index (χ4n) is 5.34. The smallest absolute Gasteiger partial charge is 0.228 e. The van der Waals surface area contributed by atoms with Crippen molar-refractivity contribution in [1.29, 1.82) is 0 Å². The first-order valence-electron chi connectivity index (χ1n) is 12.6. The summed E-state index contributed by atoms with van der Waals surface area (Å²) in [5.41, 5.74) is 2.91. The predicted molar refractivity (Wildman–Crippen MR) is 138 cm³/mol. The Kier molecular flexibility index (Phi) is 6.00. The van der Waals surface area contributed by atoms with Gasteiger partial charge in [0.1, 0.15) is 11.3 Å². The third kappa shape index (κ3) is 4.32. The maximum atomic E-state index is 11.3. The number of anilines is 2. The molecule has 1 aliphatic carbocycles. The molecule has 3 heterocycles. The van der Waals surface area contributed by atoms with Gasteiger partial charge in [-0.2, -0.15) is 4.98 Å². The average Bonchev–Trinajstić information content (AvgIpc) is 3.57.